The second kappa shape index (κ2) is 6.90. The molecule has 0 aliphatic heterocycles. The van der Waals surface area contributed by atoms with Crippen LogP contribution in [-0.2, 0) is 6.18 Å². The van der Waals surface area contributed by atoms with Gasteiger partial charge in [0.25, 0.3) is 11.6 Å². The summed E-state index contributed by atoms with van der Waals surface area (Å²) in [5.41, 5.74) is 2.30. The molecule has 0 radical (unpaired) electrons. The van der Waals surface area contributed by atoms with Crippen molar-refractivity contribution < 1.29 is 22.9 Å². The first-order chi connectivity index (χ1) is 12.8. The van der Waals surface area contributed by atoms with E-state index >= 15 is 0 Å². The first kappa shape index (κ1) is 18.1. The topological polar surface area (TPSA) is 97.2 Å². The molecule has 7 nitrogen and oxygen atoms in total. The lowest BCUT2D eigenvalue weighted by Crippen LogP contribution is -2.30. The summed E-state index contributed by atoms with van der Waals surface area (Å²) in [4.78, 5) is 26.4. The summed E-state index contributed by atoms with van der Waals surface area (Å²) in [6.07, 6.45) is -3.29. The molecule has 0 unspecified atom stereocenters. The van der Waals surface area contributed by atoms with Gasteiger partial charge in [-0.25, -0.2) is 0 Å². The van der Waals surface area contributed by atoms with Gasteiger partial charge in [-0.1, -0.05) is 24.3 Å². The van der Waals surface area contributed by atoms with Gasteiger partial charge in [0.15, 0.2) is 0 Å². The fourth-order valence-corrected chi connectivity index (χ4v) is 2.45. The van der Waals surface area contributed by atoms with Gasteiger partial charge in [0.2, 0.25) is 0 Å². The number of nitrogens with one attached hydrogen (secondary N) is 2. The van der Waals surface area contributed by atoms with E-state index in [4.69, 9.17) is 0 Å². The fourth-order valence-electron chi connectivity index (χ4n) is 2.45. The average molecular weight is 376 g/mol. The van der Waals surface area contributed by atoms with Gasteiger partial charge in [-0.05, 0) is 23.6 Å². The Kier molecular flexibility index (Phi) is 4.63. The van der Waals surface area contributed by atoms with E-state index in [1.54, 1.807) is 30.3 Å². The number of fused-ring (bicyclic) bond motifs is 1. The molecule has 10 heteroatoms. The number of hydrogen-bond donors (Lipinski definition) is 2. The van der Waals surface area contributed by atoms with Crippen LogP contribution >= 0.6 is 0 Å². The van der Waals surface area contributed by atoms with Crippen molar-refractivity contribution in [3.05, 3.63) is 76.1 Å². The highest BCUT2D eigenvalue weighted by Crippen LogP contribution is 2.34. The number of aromatic nitrogens is 1. The minimum Gasteiger partial charge on any atom is -0.292 e. The number of halogens is 3. The number of nitro groups is 1. The first-order valence-corrected chi connectivity index (χ1v) is 7.53. The molecule has 0 saturated heterocycles. The monoisotopic (exact) mass is 376 g/mol. The summed E-state index contributed by atoms with van der Waals surface area (Å²) < 4.78 is 38.2. The van der Waals surface area contributed by atoms with E-state index in [2.05, 4.69) is 15.8 Å². The van der Waals surface area contributed by atoms with E-state index in [9.17, 15) is 28.1 Å². The van der Waals surface area contributed by atoms with E-state index in [1.807, 2.05) is 0 Å². The Balaban J connectivity index is 1.86. The zero-order valence-electron chi connectivity index (χ0n) is 13.4. The Morgan fingerprint density at radius 1 is 1.11 bits per heavy atom. The van der Waals surface area contributed by atoms with Crippen LogP contribution in [0, 0.1) is 10.1 Å². The van der Waals surface area contributed by atoms with Gasteiger partial charge in [-0.2, -0.15) is 13.2 Å². The summed E-state index contributed by atoms with van der Waals surface area (Å²) in [6, 6.07) is 10.6. The lowest BCUT2D eigenvalue weighted by molar-refractivity contribution is -0.384. The van der Waals surface area contributed by atoms with Gasteiger partial charge in [-0.3, -0.25) is 30.7 Å². The highest BCUT2D eigenvalue weighted by atomic mass is 19.4. The van der Waals surface area contributed by atoms with Crippen molar-refractivity contribution in [3.63, 3.8) is 0 Å². The molecule has 0 fully saturated rings. The third kappa shape index (κ3) is 3.78. The molecular formula is C17H11F3N4O3. The molecular weight excluding hydrogens is 365 g/mol. The van der Waals surface area contributed by atoms with E-state index in [0.29, 0.717) is 17.5 Å². The Labute approximate surface area is 150 Å². The zero-order valence-corrected chi connectivity index (χ0v) is 13.4. The SMILES string of the molecule is O=C(NNc1ccc(C(F)(F)F)cc1[N+](=O)[O-])c1nccc2ccccc12. The number of nitrogens with zero attached hydrogens (tertiary/aromatic N) is 2. The maximum Gasteiger partial charge on any atom is 0.416 e. The molecule has 0 spiro atoms. The van der Waals surface area contributed by atoms with Crippen molar-refractivity contribution in [3.8, 4) is 0 Å². The smallest absolute Gasteiger partial charge is 0.292 e. The summed E-state index contributed by atoms with van der Waals surface area (Å²) in [7, 11) is 0. The van der Waals surface area contributed by atoms with Gasteiger partial charge < -0.3 is 0 Å². The summed E-state index contributed by atoms with van der Waals surface area (Å²) in [5, 5.41) is 12.4. The van der Waals surface area contributed by atoms with Crippen LogP contribution in [0.25, 0.3) is 10.8 Å². The van der Waals surface area contributed by atoms with Crippen LogP contribution in [-0.4, -0.2) is 15.8 Å². The lowest BCUT2D eigenvalue weighted by atomic mass is 10.1. The van der Waals surface area contributed by atoms with E-state index in [-0.39, 0.29) is 11.4 Å². The zero-order chi connectivity index (χ0) is 19.6. The molecule has 0 aliphatic carbocycles. The van der Waals surface area contributed by atoms with Crippen LogP contribution in [0.5, 0.6) is 0 Å². The van der Waals surface area contributed by atoms with Crippen molar-refractivity contribution in [1.82, 2.24) is 10.4 Å². The first-order valence-electron chi connectivity index (χ1n) is 7.53. The van der Waals surface area contributed by atoms with Crippen molar-refractivity contribution in [2.45, 2.75) is 6.18 Å². The predicted octanol–water partition coefficient (Wildman–Crippen LogP) is 3.92. The van der Waals surface area contributed by atoms with Crippen LogP contribution in [0.4, 0.5) is 24.5 Å². The number of carbonyl (C=O) groups excluding carboxylic acids is 1. The van der Waals surface area contributed by atoms with Crippen LogP contribution in [0.3, 0.4) is 0 Å². The maximum absolute atomic E-state index is 12.7. The van der Waals surface area contributed by atoms with Crippen LogP contribution in [0.1, 0.15) is 16.1 Å². The van der Waals surface area contributed by atoms with Gasteiger partial charge >= 0.3 is 6.18 Å². The summed E-state index contributed by atoms with van der Waals surface area (Å²) in [5.74, 6) is -0.694. The maximum atomic E-state index is 12.7. The second-order valence-corrected chi connectivity index (χ2v) is 5.45. The largest absolute Gasteiger partial charge is 0.416 e. The van der Waals surface area contributed by atoms with Gasteiger partial charge in [-0.15, -0.1) is 0 Å². The number of benzene rings is 2. The summed E-state index contributed by atoms with van der Waals surface area (Å²) >= 11 is 0. The second-order valence-electron chi connectivity index (χ2n) is 5.45. The average Bonchev–Trinajstić information content (AvgIpc) is 2.64. The number of carbonyl (C=O) groups is 1. The Hall–Kier alpha value is -3.69. The van der Waals surface area contributed by atoms with Gasteiger partial charge in [0.05, 0.1) is 10.5 Å². The van der Waals surface area contributed by atoms with Crippen molar-refractivity contribution in [1.29, 1.82) is 0 Å². The number of nitro benzene ring substituents is 1. The number of alkyl halides is 3. The molecule has 2 N–H and O–H groups in total. The van der Waals surface area contributed by atoms with E-state index in [1.165, 1.54) is 6.20 Å². The van der Waals surface area contributed by atoms with Crippen LogP contribution in [0.15, 0.2) is 54.7 Å². The lowest BCUT2D eigenvalue weighted by Gasteiger charge is -2.12. The van der Waals surface area contributed by atoms with Crippen LogP contribution in [0.2, 0.25) is 0 Å². The number of pyridine rings is 1. The van der Waals surface area contributed by atoms with Crippen molar-refractivity contribution in [2.24, 2.45) is 0 Å². The molecule has 3 aromatic rings. The van der Waals surface area contributed by atoms with Gasteiger partial charge in [0.1, 0.15) is 11.4 Å². The molecule has 2 aromatic carbocycles. The molecule has 27 heavy (non-hydrogen) atoms. The third-order valence-electron chi connectivity index (χ3n) is 3.72. The Bertz CT molecular complexity index is 1030. The molecule has 0 bridgehead atoms. The Morgan fingerprint density at radius 3 is 2.56 bits per heavy atom. The Morgan fingerprint density at radius 2 is 1.85 bits per heavy atom. The van der Waals surface area contributed by atoms with E-state index < -0.39 is 28.3 Å². The van der Waals surface area contributed by atoms with E-state index in [0.717, 1.165) is 11.5 Å². The third-order valence-corrected chi connectivity index (χ3v) is 3.72. The molecule has 0 saturated carbocycles. The minimum absolute atomic E-state index is 0.0650. The molecule has 138 valence electrons. The summed E-state index contributed by atoms with van der Waals surface area (Å²) in [6.45, 7) is 0. The van der Waals surface area contributed by atoms with Crippen molar-refractivity contribution in [2.75, 3.05) is 5.43 Å². The normalized spacial score (nSPS) is 11.2. The minimum atomic E-state index is -4.72. The number of amides is 1. The number of hydrazine groups is 1. The number of rotatable bonds is 4. The molecule has 1 aromatic heterocycles. The molecule has 1 amide bonds. The molecule has 0 atom stereocenters. The van der Waals surface area contributed by atoms with Crippen molar-refractivity contribution >= 4 is 28.1 Å². The molecule has 1 heterocycles. The highest BCUT2D eigenvalue weighted by molar-refractivity contribution is 6.05. The quantitative estimate of drug-likeness (QED) is 0.531. The molecule has 0 aliphatic rings. The fraction of sp³-hybridized carbons (Fsp3) is 0.0588. The highest BCUT2D eigenvalue weighted by Gasteiger charge is 2.33. The molecule has 3 rings (SSSR count). The standard InChI is InChI=1S/C17H11F3N4O3/c18-17(19,20)11-5-6-13(14(9-11)24(26)27)22-23-16(25)15-12-4-2-1-3-10(12)7-8-21-15/h1-9,22H,(H,23,25). The number of anilines is 1. The van der Waals surface area contributed by atoms with Gasteiger partial charge in [0, 0.05) is 17.6 Å². The predicted molar refractivity (Wildman–Crippen MR) is 90.9 cm³/mol. The number of hydrogen-bond acceptors (Lipinski definition) is 5. The van der Waals surface area contributed by atoms with Crippen LogP contribution < -0.4 is 10.9 Å².